The molecule has 0 aliphatic heterocycles. The van der Waals surface area contributed by atoms with Gasteiger partial charge < -0.3 is 5.32 Å². The van der Waals surface area contributed by atoms with Gasteiger partial charge in [-0.2, -0.15) is 0 Å². The molecule has 3 nitrogen and oxygen atoms in total. The van der Waals surface area contributed by atoms with Crippen LogP contribution in [0.1, 0.15) is 46.5 Å². The van der Waals surface area contributed by atoms with E-state index < -0.39 is 0 Å². The molecule has 0 radical (unpaired) electrons. The molecule has 1 rings (SSSR count). The number of hydrogen-bond acceptors (Lipinski definition) is 2. The number of nitrogens with one attached hydrogen (secondary N) is 1. The first kappa shape index (κ1) is 13.5. The lowest BCUT2D eigenvalue weighted by molar-refractivity contribution is -0.123. The first-order chi connectivity index (χ1) is 7.37. The van der Waals surface area contributed by atoms with E-state index in [1.165, 1.54) is 25.7 Å². The van der Waals surface area contributed by atoms with Crippen molar-refractivity contribution in [1.29, 1.82) is 0 Å². The second-order valence-electron chi connectivity index (χ2n) is 6.15. The summed E-state index contributed by atoms with van der Waals surface area (Å²) < 4.78 is 0. The Hall–Kier alpha value is -0.570. The lowest BCUT2D eigenvalue weighted by Crippen LogP contribution is -2.45. The summed E-state index contributed by atoms with van der Waals surface area (Å²) in [6.07, 6.45) is 5.41. The van der Waals surface area contributed by atoms with Crippen LogP contribution in [-0.4, -0.2) is 36.5 Å². The molecule has 0 saturated heterocycles. The van der Waals surface area contributed by atoms with Crippen molar-refractivity contribution in [2.24, 2.45) is 5.92 Å². The third-order valence-corrected chi connectivity index (χ3v) is 2.97. The van der Waals surface area contributed by atoms with Gasteiger partial charge in [0.1, 0.15) is 0 Å². The van der Waals surface area contributed by atoms with E-state index in [4.69, 9.17) is 0 Å². The topological polar surface area (TPSA) is 32.3 Å². The van der Waals surface area contributed by atoms with Gasteiger partial charge in [0.05, 0.1) is 6.54 Å². The Labute approximate surface area is 99.6 Å². The van der Waals surface area contributed by atoms with Crippen molar-refractivity contribution < 1.29 is 4.79 Å². The summed E-state index contributed by atoms with van der Waals surface area (Å²) in [7, 11) is 2.04. The lowest BCUT2D eigenvalue weighted by atomic mass is 10.1. The van der Waals surface area contributed by atoms with Crippen molar-refractivity contribution in [3.63, 3.8) is 0 Å². The molecule has 1 aliphatic carbocycles. The number of carbonyl (C=O) groups is 1. The number of hydrogen-bond donors (Lipinski definition) is 1. The third-order valence-electron chi connectivity index (χ3n) is 2.97. The molecule has 3 heteroatoms. The Morgan fingerprint density at radius 2 is 1.88 bits per heavy atom. The van der Waals surface area contributed by atoms with E-state index in [1.54, 1.807) is 0 Å². The van der Waals surface area contributed by atoms with Crippen LogP contribution >= 0.6 is 0 Å². The summed E-state index contributed by atoms with van der Waals surface area (Å²) in [5.41, 5.74) is -0.120. The van der Waals surface area contributed by atoms with Crippen molar-refractivity contribution in [3.05, 3.63) is 0 Å². The molecular weight excluding hydrogens is 200 g/mol. The Morgan fingerprint density at radius 3 is 2.38 bits per heavy atom. The Kier molecular flexibility index (Phi) is 4.78. The maximum atomic E-state index is 11.7. The first-order valence-electron chi connectivity index (χ1n) is 6.36. The van der Waals surface area contributed by atoms with Gasteiger partial charge in [0.25, 0.3) is 0 Å². The fourth-order valence-electron chi connectivity index (χ4n) is 2.40. The Bertz CT molecular complexity index is 227. The van der Waals surface area contributed by atoms with Crippen LogP contribution in [0.4, 0.5) is 0 Å². The van der Waals surface area contributed by atoms with Crippen LogP contribution in [0.15, 0.2) is 0 Å². The van der Waals surface area contributed by atoms with Crippen LogP contribution in [-0.2, 0) is 4.79 Å². The summed E-state index contributed by atoms with van der Waals surface area (Å²) in [6.45, 7) is 7.64. The fraction of sp³-hybridized carbons (Fsp3) is 0.923. The fourth-order valence-corrected chi connectivity index (χ4v) is 2.40. The molecule has 1 amide bonds. The van der Waals surface area contributed by atoms with E-state index in [0.29, 0.717) is 6.54 Å². The number of amides is 1. The van der Waals surface area contributed by atoms with Gasteiger partial charge in [0.2, 0.25) is 5.91 Å². The van der Waals surface area contributed by atoms with E-state index in [2.05, 4.69) is 10.2 Å². The molecule has 0 aromatic carbocycles. The number of carbonyl (C=O) groups excluding carboxylic acids is 1. The van der Waals surface area contributed by atoms with Gasteiger partial charge in [-0.1, -0.05) is 12.8 Å². The van der Waals surface area contributed by atoms with Gasteiger partial charge in [-0.15, -0.1) is 0 Å². The average Bonchev–Trinajstić information content (AvgIpc) is 2.51. The maximum absolute atomic E-state index is 11.7. The zero-order chi connectivity index (χ0) is 12.2. The number of rotatable bonds is 4. The van der Waals surface area contributed by atoms with Crippen LogP contribution in [0.2, 0.25) is 0 Å². The summed E-state index contributed by atoms with van der Waals surface area (Å²) in [6, 6.07) is 0. The highest BCUT2D eigenvalue weighted by Gasteiger charge is 2.19. The minimum absolute atomic E-state index is 0.120. The highest BCUT2D eigenvalue weighted by Crippen LogP contribution is 2.24. The highest BCUT2D eigenvalue weighted by molar-refractivity contribution is 5.78. The number of nitrogens with zero attached hydrogens (tertiary/aromatic N) is 1. The quantitative estimate of drug-likeness (QED) is 0.795. The smallest absolute Gasteiger partial charge is 0.234 e. The molecule has 0 aromatic heterocycles. The monoisotopic (exact) mass is 226 g/mol. The van der Waals surface area contributed by atoms with Gasteiger partial charge >= 0.3 is 0 Å². The molecule has 0 heterocycles. The van der Waals surface area contributed by atoms with Crippen LogP contribution in [0.25, 0.3) is 0 Å². The molecule has 0 aromatic rings. The zero-order valence-electron chi connectivity index (χ0n) is 11.2. The predicted molar refractivity (Wildman–Crippen MR) is 67.4 cm³/mol. The van der Waals surface area contributed by atoms with Crippen molar-refractivity contribution in [2.45, 2.75) is 52.0 Å². The number of likely N-dealkylation sites (N-methyl/N-ethyl adjacent to an activating group) is 1. The van der Waals surface area contributed by atoms with Crippen LogP contribution in [0.3, 0.4) is 0 Å². The molecule has 0 unspecified atom stereocenters. The van der Waals surface area contributed by atoms with Crippen molar-refractivity contribution in [1.82, 2.24) is 10.2 Å². The first-order valence-corrected chi connectivity index (χ1v) is 6.36. The van der Waals surface area contributed by atoms with Gasteiger partial charge in [-0.3, -0.25) is 9.69 Å². The summed E-state index contributed by atoms with van der Waals surface area (Å²) >= 11 is 0. The average molecular weight is 226 g/mol. The third kappa shape index (κ3) is 5.50. The van der Waals surface area contributed by atoms with Crippen LogP contribution in [0, 0.1) is 5.92 Å². The molecule has 94 valence electrons. The lowest BCUT2D eigenvalue weighted by Gasteiger charge is -2.24. The van der Waals surface area contributed by atoms with Gasteiger partial charge in [0.15, 0.2) is 0 Å². The van der Waals surface area contributed by atoms with E-state index in [9.17, 15) is 4.79 Å². The standard InChI is InChI=1S/C13H26N2O/c1-13(2,3)14-12(16)10-15(4)9-11-7-5-6-8-11/h11H,5-10H2,1-4H3,(H,14,16). The summed E-state index contributed by atoms with van der Waals surface area (Å²) in [5, 5.41) is 2.99. The SMILES string of the molecule is CN(CC(=O)NC(C)(C)C)CC1CCCC1. The zero-order valence-corrected chi connectivity index (χ0v) is 11.2. The van der Waals surface area contributed by atoms with E-state index in [0.717, 1.165) is 12.5 Å². The minimum atomic E-state index is -0.120. The molecule has 0 bridgehead atoms. The molecule has 1 aliphatic rings. The van der Waals surface area contributed by atoms with Gasteiger partial charge in [-0.25, -0.2) is 0 Å². The molecule has 0 atom stereocenters. The molecule has 0 spiro atoms. The summed E-state index contributed by atoms with van der Waals surface area (Å²) in [5.74, 6) is 0.945. The van der Waals surface area contributed by atoms with E-state index in [1.807, 2.05) is 27.8 Å². The molecule has 1 fully saturated rings. The van der Waals surface area contributed by atoms with Gasteiger partial charge in [0, 0.05) is 12.1 Å². The Morgan fingerprint density at radius 1 is 1.31 bits per heavy atom. The van der Waals surface area contributed by atoms with Crippen molar-refractivity contribution >= 4 is 5.91 Å². The van der Waals surface area contributed by atoms with E-state index >= 15 is 0 Å². The second-order valence-corrected chi connectivity index (χ2v) is 6.15. The predicted octanol–water partition coefficient (Wildman–Crippen LogP) is 2.02. The second kappa shape index (κ2) is 5.67. The molecule has 16 heavy (non-hydrogen) atoms. The molecule has 1 N–H and O–H groups in total. The van der Waals surface area contributed by atoms with Crippen molar-refractivity contribution in [2.75, 3.05) is 20.1 Å². The normalized spacial score (nSPS) is 18.1. The van der Waals surface area contributed by atoms with Gasteiger partial charge in [-0.05, 0) is 46.6 Å². The molecule has 1 saturated carbocycles. The van der Waals surface area contributed by atoms with Crippen LogP contribution in [0.5, 0.6) is 0 Å². The van der Waals surface area contributed by atoms with E-state index in [-0.39, 0.29) is 11.4 Å². The Balaban J connectivity index is 2.22. The molecular formula is C13H26N2O. The largest absolute Gasteiger partial charge is 0.350 e. The maximum Gasteiger partial charge on any atom is 0.234 e. The minimum Gasteiger partial charge on any atom is -0.350 e. The summed E-state index contributed by atoms with van der Waals surface area (Å²) in [4.78, 5) is 13.8. The highest BCUT2D eigenvalue weighted by atomic mass is 16.2. The van der Waals surface area contributed by atoms with Crippen LogP contribution < -0.4 is 5.32 Å². The van der Waals surface area contributed by atoms with Crippen molar-refractivity contribution in [3.8, 4) is 0 Å².